The van der Waals surface area contributed by atoms with Gasteiger partial charge >= 0.3 is 0 Å². The number of nitrogens with one attached hydrogen (secondary N) is 2. The summed E-state index contributed by atoms with van der Waals surface area (Å²) in [4.78, 5) is 20.8. The van der Waals surface area contributed by atoms with Gasteiger partial charge in [-0.05, 0) is 25.8 Å². The summed E-state index contributed by atoms with van der Waals surface area (Å²) in [5, 5.41) is 14.6. The lowest BCUT2D eigenvalue weighted by Gasteiger charge is -2.01. The molecule has 98 valence electrons. The highest BCUT2D eigenvalue weighted by molar-refractivity contribution is 5.80. The molecule has 2 heterocycles. The fourth-order valence-corrected chi connectivity index (χ4v) is 1.86. The molecule has 2 amide bonds. The van der Waals surface area contributed by atoms with E-state index in [9.17, 15) is 9.59 Å². The first-order valence-electron chi connectivity index (χ1n) is 5.74. The lowest BCUT2D eigenvalue weighted by molar-refractivity contribution is -0.120. The van der Waals surface area contributed by atoms with Crippen molar-refractivity contribution in [2.75, 3.05) is 13.1 Å². The highest BCUT2D eigenvalue weighted by Crippen LogP contribution is 2.04. The number of aliphatic hydroxyl groups is 1. The normalized spacial score (nSPS) is 31.7. The number of carbonyl (C=O) groups excluding carboxylic acids is 2. The van der Waals surface area contributed by atoms with E-state index in [4.69, 9.17) is 16.6 Å². The Kier molecular flexibility index (Phi) is 5.33. The maximum absolute atomic E-state index is 10.4. The van der Waals surface area contributed by atoms with E-state index in [-0.39, 0.29) is 23.9 Å². The van der Waals surface area contributed by atoms with Gasteiger partial charge in [-0.2, -0.15) is 0 Å². The molecule has 2 rings (SSSR count). The predicted octanol–water partition coefficient (Wildman–Crippen LogP) is -2.58. The molecule has 3 unspecified atom stereocenters. The highest BCUT2D eigenvalue weighted by Gasteiger charge is 2.25. The van der Waals surface area contributed by atoms with Crippen LogP contribution in [0.15, 0.2) is 0 Å². The molecule has 0 aromatic carbocycles. The Hall–Kier alpha value is -1.18. The number of hydrogen-bond donors (Lipinski definition) is 5. The summed E-state index contributed by atoms with van der Waals surface area (Å²) >= 11 is 0. The average Bonchev–Trinajstić information content (AvgIpc) is 2.87. The topological polar surface area (TPSA) is 130 Å². The van der Waals surface area contributed by atoms with Crippen molar-refractivity contribution in [1.29, 1.82) is 0 Å². The Balaban J connectivity index is 0.000000171. The van der Waals surface area contributed by atoms with Crippen LogP contribution in [0.2, 0.25) is 0 Å². The highest BCUT2D eigenvalue weighted by atomic mass is 16.3. The number of aliphatic hydroxyl groups excluding tert-OH is 1. The second-order valence-electron chi connectivity index (χ2n) is 4.30. The van der Waals surface area contributed by atoms with E-state index in [1.807, 2.05) is 0 Å². The van der Waals surface area contributed by atoms with Crippen LogP contribution in [0.5, 0.6) is 0 Å². The molecule has 0 spiro atoms. The lowest BCUT2D eigenvalue weighted by atomic mass is 10.2. The van der Waals surface area contributed by atoms with Gasteiger partial charge in [0.05, 0.1) is 18.2 Å². The molecule has 0 bridgehead atoms. The molecule has 17 heavy (non-hydrogen) atoms. The summed E-state index contributed by atoms with van der Waals surface area (Å²) in [6.07, 6.45) is 2.04. The molecule has 0 aromatic rings. The number of nitrogens with two attached hydrogens (primary N) is 2. The largest absolute Gasteiger partial charge is 0.392 e. The van der Waals surface area contributed by atoms with Crippen LogP contribution in [0, 0.1) is 0 Å². The standard InChI is InChI=1S/C5H10N2O2.C5H10N2O/c6-5(9)4-1-3(8)2-7-4;6-5(8)4-2-1-3-7-4/h3-4,7-8H,1-2H2,(H2,6,9);4,7H,1-3H2,(H2,6,8). The van der Waals surface area contributed by atoms with Gasteiger partial charge in [-0.15, -0.1) is 0 Å². The van der Waals surface area contributed by atoms with Crippen LogP contribution < -0.4 is 22.1 Å². The van der Waals surface area contributed by atoms with E-state index in [1.54, 1.807) is 0 Å². The third kappa shape index (κ3) is 4.68. The van der Waals surface area contributed by atoms with Gasteiger partial charge < -0.3 is 27.2 Å². The Morgan fingerprint density at radius 2 is 1.76 bits per heavy atom. The van der Waals surface area contributed by atoms with Crippen LogP contribution in [0.1, 0.15) is 19.3 Å². The number of hydrogen-bond acceptors (Lipinski definition) is 5. The molecule has 7 heteroatoms. The number of carbonyl (C=O) groups is 2. The van der Waals surface area contributed by atoms with E-state index < -0.39 is 6.10 Å². The van der Waals surface area contributed by atoms with Crippen molar-refractivity contribution in [1.82, 2.24) is 10.6 Å². The van der Waals surface area contributed by atoms with E-state index in [2.05, 4.69) is 10.6 Å². The SMILES string of the molecule is NC(=O)C1CC(O)CN1.NC(=O)C1CCCN1. The van der Waals surface area contributed by atoms with Crippen LogP contribution >= 0.6 is 0 Å². The van der Waals surface area contributed by atoms with Gasteiger partial charge in [0.1, 0.15) is 0 Å². The number of primary amides is 2. The van der Waals surface area contributed by atoms with Gasteiger partial charge in [0, 0.05) is 6.54 Å². The van der Waals surface area contributed by atoms with E-state index in [0.717, 1.165) is 19.4 Å². The molecule has 3 atom stereocenters. The van der Waals surface area contributed by atoms with Crippen LogP contribution in [-0.4, -0.2) is 48.2 Å². The van der Waals surface area contributed by atoms with Crippen molar-refractivity contribution < 1.29 is 14.7 Å². The quantitative estimate of drug-likeness (QED) is 0.364. The lowest BCUT2D eigenvalue weighted by Crippen LogP contribution is -2.36. The van der Waals surface area contributed by atoms with Crippen LogP contribution in [0.3, 0.4) is 0 Å². The van der Waals surface area contributed by atoms with Crippen molar-refractivity contribution in [2.45, 2.75) is 37.5 Å². The van der Waals surface area contributed by atoms with E-state index in [1.165, 1.54) is 0 Å². The van der Waals surface area contributed by atoms with Crippen molar-refractivity contribution in [2.24, 2.45) is 11.5 Å². The van der Waals surface area contributed by atoms with Crippen LogP contribution in [-0.2, 0) is 9.59 Å². The molecular weight excluding hydrogens is 224 g/mol. The van der Waals surface area contributed by atoms with Crippen molar-refractivity contribution in [3.8, 4) is 0 Å². The monoisotopic (exact) mass is 244 g/mol. The minimum atomic E-state index is -0.400. The molecular formula is C10H20N4O3. The average molecular weight is 244 g/mol. The minimum Gasteiger partial charge on any atom is -0.392 e. The van der Waals surface area contributed by atoms with Crippen LogP contribution in [0.4, 0.5) is 0 Å². The summed E-state index contributed by atoms with van der Waals surface area (Å²) in [5.41, 5.74) is 9.94. The zero-order chi connectivity index (χ0) is 12.8. The zero-order valence-electron chi connectivity index (χ0n) is 9.69. The molecule has 7 nitrogen and oxygen atoms in total. The smallest absolute Gasteiger partial charge is 0.234 e. The van der Waals surface area contributed by atoms with Gasteiger partial charge in [-0.1, -0.05) is 0 Å². The van der Waals surface area contributed by atoms with Gasteiger partial charge in [-0.25, -0.2) is 0 Å². The first-order chi connectivity index (χ1) is 8.00. The summed E-state index contributed by atoms with van der Waals surface area (Å²) in [7, 11) is 0. The molecule has 0 aliphatic carbocycles. The molecule has 0 radical (unpaired) electrons. The van der Waals surface area contributed by atoms with E-state index in [0.29, 0.717) is 13.0 Å². The van der Waals surface area contributed by atoms with Gasteiger partial charge in [-0.3, -0.25) is 9.59 Å². The van der Waals surface area contributed by atoms with Crippen molar-refractivity contribution in [3.05, 3.63) is 0 Å². The van der Waals surface area contributed by atoms with Crippen LogP contribution in [0.25, 0.3) is 0 Å². The fraction of sp³-hybridized carbons (Fsp3) is 0.800. The molecule has 7 N–H and O–H groups in total. The number of β-amino-alcohol motifs (C(OH)–C–C–N with tert-alkyl or cyclic N) is 1. The van der Waals surface area contributed by atoms with Gasteiger partial charge in [0.15, 0.2) is 0 Å². The molecule has 2 fully saturated rings. The number of rotatable bonds is 2. The van der Waals surface area contributed by atoms with E-state index >= 15 is 0 Å². The Morgan fingerprint density at radius 3 is 2.00 bits per heavy atom. The minimum absolute atomic E-state index is 0.0463. The summed E-state index contributed by atoms with van der Waals surface area (Å²) in [6.45, 7) is 1.42. The molecule has 0 aromatic heterocycles. The first kappa shape index (κ1) is 13.9. The third-order valence-corrected chi connectivity index (χ3v) is 2.85. The van der Waals surface area contributed by atoms with Crippen molar-refractivity contribution >= 4 is 11.8 Å². The fourth-order valence-electron chi connectivity index (χ4n) is 1.86. The maximum Gasteiger partial charge on any atom is 0.234 e. The van der Waals surface area contributed by atoms with Crippen molar-refractivity contribution in [3.63, 3.8) is 0 Å². The Labute approximate surface area is 99.9 Å². The molecule has 2 aliphatic rings. The second-order valence-corrected chi connectivity index (χ2v) is 4.30. The summed E-state index contributed by atoms with van der Waals surface area (Å²) in [5.74, 6) is -0.603. The zero-order valence-corrected chi connectivity index (χ0v) is 9.69. The summed E-state index contributed by atoms with van der Waals surface area (Å²) < 4.78 is 0. The molecule has 2 saturated heterocycles. The first-order valence-corrected chi connectivity index (χ1v) is 5.74. The van der Waals surface area contributed by atoms with Gasteiger partial charge in [0.25, 0.3) is 0 Å². The van der Waals surface area contributed by atoms with Gasteiger partial charge in [0.2, 0.25) is 11.8 Å². The Morgan fingerprint density at radius 1 is 1.12 bits per heavy atom. The Bertz CT molecular complexity index is 279. The number of amides is 2. The maximum atomic E-state index is 10.4. The third-order valence-electron chi connectivity index (χ3n) is 2.85. The second kappa shape index (κ2) is 6.53. The molecule has 2 aliphatic heterocycles. The summed E-state index contributed by atoms with van der Waals surface area (Å²) in [6, 6.07) is -0.366. The predicted molar refractivity (Wildman–Crippen MR) is 61.8 cm³/mol. The molecule has 0 saturated carbocycles.